The minimum atomic E-state index is 0.232. The molecule has 0 bridgehead atoms. The molecule has 1 atom stereocenters. The molecule has 1 aromatic heterocycles. The molecule has 1 aromatic rings. The third kappa shape index (κ3) is 2.44. The lowest BCUT2D eigenvalue weighted by atomic mass is 9.99. The SMILES string of the molecule is Cc1cnc(N2CCC[C@H](CO)C2)nc1Cl. The summed E-state index contributed by atoms with van der Waals surface area (Å²) in [5.74, 6) is 1.01. The molecule has 1 aliphatic heterocycles. The van der Waals surface area contributed by atoms with Crippen molar-refractivity contribution in [2.75, 3.05) is 24.6 Å². The van der Waals surface area contributed by atoms with Crippen LogP contribution in [0.1, 0.15) is 18.4 Å². The number of aryl methyl sites for hydroxylation is 1. The van der Waals surface area contributed by atoms with Crippen LogP contribution in [0.3, 0.4) is 0 Å². The van der Waals surface area contributed by atoms with E-state index in [0.29, 0.717) is 17.0 Å². The van der Waals surface area contributed by atoms with Gasteiger partial charge in [-0.3, -0.25) is 0 Å². The number of anilines is 1. The predicted molar refractivity (Wildman–Crippen MR) is 63.8 cm³/mol. The quantitative estimate of drug-likeness (QED) is 0.800. The van der Waals surface area contributed by atoms with Gasteiger partial charge in [0.2, 0.25) is 5.95 Å². The van der Waals surface area contributed by atoms with Crippen molar-refractivity contribution in [2.45, 2.75) is 19.8 Å². The van der Waals surface area contributed by atoms with Crippen LogP contribution in [0.4, 0.5) is 5.95 Å². The highest BCUT2D eigenvalue weighted by Crippen LogP contribution is 2.21. The maximum Gasteiger partial charge on any atom is 0.226 e. The maximum absolute atomic E-state index is 9.16. The van der Waals surface area contributed by atoms with E-state index in [0.717, 1.165) is 31.5 Å². The van der Waals surface area contributed by atoms with E-state index < -0.39 is 0 Å². The second-order valence-electron chi connectivity index (χ2n) is 4.28. The van der Waals surface area contributed by atoms with Gasteiger partial charge in [-0.1, -0.05) is 11.6 Å². The monoisotopic (exact) mass is 241 g/mol. The lowest BCUT2D eigenvalue weighted by molar-refractivity contribution is 0.208. The van der Waals surface area contributed by atoms with E-state index in [4.69, 9.17) is 16.7 Å². The Balaban J connectivity index is 2.13. The summed E-state index contributed by atoms with van der Waals surface area (Å²) in [6.45, 7) is 3.88. The zero-order valence-electron chi connectivity index (χ0n) is 9.36. The van der Waals surface area contributed by atoms with E-state index in [2.05, 4.69) is 14.9 Å². The van der Waals surface area contributed by atoms with E-state index in [-0.39, 0.29) is 6.61 Å². The molecular weight excluding hydrogens is 226 g/mol. The Morgan fingerprint density at radius 3 is 3.12 bits per heavy atom. The molecule has 1 fully saturated rings. The van der Waals surface area contributed by atoms with Gasteiger partial charge in [0, 0.05) is 31.5 Å². The molecule has 0 spiro atoms. The molecule has 0 unspecified atom stereocenters. The Hall–Kier alpha value is -0.870. The van der Waals surface area contributed by atoms with Crippen molar-refractivity contribution in [3.05, 3.63) is 16.9 Å². The lowest BCUT2D eigenvalue weighted by Crippen LogP contribution is -2.37. The third-order valence-corrected chi connectivity index (χ3v) is 3.34. The maximum atomic E-state index is 9.16. The van der Waals surface area contributed by atoms with Gasteiger partial charge in [0.05, 0.1) is 0 Å². The van der Waals surface area contributed by atoms with Crippen LogP contribution in [0.15, 0.2) is 6.20 Å². The summed E-state index contributed by atoms with van der Waals surface area (Å²) in [6.07, 6.45) is 3.89. The molecule has 0 radical (unpaired) electrons. The minimum absolute atomic E-state index is 0.232. The standard InChI is InChI=1S/C11H16ClN3O/c1-8-5-13-11(14-10(8)12)15-4-2-3-9(6-15)7-16/h5,9,16H,2-4,6-7H2,1H3/t9-/m0/s1. The number of rotatable bonds is 2. The summed E-state index contributed by atoms with van der Waals surface area (Å²) >= 11 is 5.98. The van der Waals surface area contributed by atoms with E-state index in [1.54, 1.807) is 6.20 Å². The molecule has 4 nitrogen and oxygen atoms in total. The second kappa shape index (κ2) is 4.97. The molecule has 0 aliphatic carbocycles. The minimum Gasteiger partial charge on any atom is -0.396 e. The highest BCUT2D eigenvalue weighted by molar-refractivity contribution is 6.30. The van der Waals surface area contributed by atoms with Crippen molar-refractivity contribution in [1.82, 2.24) is 9.97 Å². The molecular formula is C11H16ClN3O. The number of aliphatic hydroxyl groups excluding tert-OH is 1. The summed E-state index contributed by atoms with van der Waals surface area (Å²) in [7, 11) is 0. The molecule has 0 aromatic carbocycles. The molecule has 1 aliphatic rings. The average Bonchev–Trinajstić information content (AvgIpc) is 2.33. The third-order valence-electron chi connectivity index (χ3n) is 2.96. The molecule has 0 amide bonds. The Labute approximate surface area is 100 Å². The first kappa shape index (κ1) is 11.6. The van der Waals surface area contributed by atoms with Crippen LogP contribution < -0.4 is 4.90 Å². The predicted octanol–water partition coefficient (Wildman–Crippen LogP) is 1.65. The molecule has 5 heteroatoms. The normalized spacial score (nSPS) is 21.2. The van der Waals surface area contributed by atoms with E-state index in [9.17, 15) is 0 Å². The van der Waals surface area contributed by atoms with Crippen LogP contribution in [0.2, 0.25) is 5.15 Å². The highest BCUT2D eigenvalue weighted by atomic mass is 35.5. The first-order chi connectivity index (χ1) is 7.70. The fourth-order valence-corrected chi connectivity index (χ4v) is 2.09. The zero-order valence-corrected chi connectivity index (χ0v) is 10.1. The van der Waals surface area contributed by atoms with Crippen molar-refractivity contribution in [1.29, 1.82) is 0 Å². The molecule has 2 rings (SSSR count). The zero-order chi connectivity index (χ0) is 11.5. The summed E-state index contributed by atoms with van der Waals surface area (Å²) in [5, 5.41) is 9.67. The number of nitrogens with zero attached hydrogens (tertiary/aromatic N) is 3. The molecule has 1 saturated heterocycles. The van der Waals surface area contributed by atoms with Gasteiger partial charge >= 0.3 is 0 Å². The van der Waals surface area contributed by atoms with Gasteiger partial charge < -0.3 is 10.0 Å². The lowest BCUT2D eigenvalue weighted by Gasteiger charge is -2.31. The summed E-state index contributed by atoms with van der Waals surface area (Å²) in [4.78, 5) is 10.6. The molecule has 16 heavy (non-hydrogen) atoms. The topological polar surface area (TPSA) is 49.2 Å². The number of piperidine rings is 1. The first-order valence-electron chi connectivity index (χ1n) is 5.55. The Kier molecular flexibility index (Phi) is 3.61. The second-order valence-corrected chi connectivity index (χ2v) is 4.64. The van der Waals surface area contributed by atoms with Gasteiger partial charge in [0.15, 0.2) is 0 Å². The van der Waals surface area contributed by atoms with Crippen LogP contribution in [0.5, 0.6) is 0 Å². The highest BCUT2D eigenvalue weighted by Gasteiger charge is 2.21. The Morgan fingerprint density at radius 2 is 2.44 bits per heavy atom. The van der Waals surface area contributed by atoms with Gasteiger partial charge in [0.1, 0.15) is 5.15 Å². The van der Waals surface area contributed by atoms with Gasteiger partial charge in [-0.05, 0) is 25.7 Å². The largest absolute Gasteiger partial charge is 0.396 e. The molecule has 88 valence electrons. The van der Waals surface area contributed by atoms with E-state index >= 15 is 0 Å². The van der Waals surface area contributed by atoms with Crippen LogP contribution in [0, 0.1) is 12.8 Å². The Morgan fingerprint density at radius 1 is 1.62 bits per heavy atom. The van der Waals surface area contributed by atoms with E-state index in [1.807, 2.05) is 6.92 Å². The van der Waals surface area contributed by atoms with Crippen molar-refractivity contribution in [3.8, 4) is 0 Å². The van der Waals surface area contributed by atoms with Gasteiger partial charge in [-0.25, -0.2) is 9.97 Å². The van der Waals surface area contributed by atoms with Gasteiger partial charge in [-0.15, -0.1) is 0 Å². The Bertz CT molecular complexity index is 372. The van der Waals surface area contributed by atoms with Crippen LogP contribution in [-0.2, 0) is 0 Å². The van der Waals surface area contributed by atoms with Crippen LogP contribution >= 0.6 is 11.6 Å². The summed E-state index contributed by atoms with van der Waals surface area (Å²) in [6, 6.07) is 0. The van der Waals surface area contributed by atoms with Crippen molar-refractivity contribution >= 4 is 17.5 Å². The smallest absolute Gasteiger partial charge is 0.226 e. The number of hydrogen-bond donors (Lipinski definition) is 1. The average molecular weight is 242 g/mol. The summed E-state index contributed by atoms with van der Waals surface area (Å²) in [5.41, 5.74) is 0.890. The first-order valence-corrected chi connectivity index (χ1v) is 5.93. The van der Waals surface area contributed by atoms with Crippen molar-refractivity contribution < 1.29 is 5.11 Å². The van der Waals surface area contributed by atoms with Crippen molar-refractivity contribution in [2.24, 2.45) is 5.92 Å². The number of hydrogen-bond acceptors (Lipinski definition) is 4. The molecule has 0 saturated carbocycles. The number of halogens is 1. The van der Waals surface area contributed by atoms with Crippen molar-refractivity contribution in [3.63, 3.8) is 0 Å². The number of aliphatic hydroxyl groups is 1. The molecule has 1 N–H and O–H groups in total. The van der Waals surface area contributed by atoms with Crippen LogP contribution in [-0.4, -0.2) is 34.8 Å². The summed E-state index contributed by atoms with van der Waals surface area (Å²) < 4.78 is 0. The fourth-order valence-electron chi connectivity index (χ4n) is 1.96. The van der Waals surface area contributed by atoms with Gasteiger partial charge in [0.25, 0.3) is 0 Å². The van der Waals surface area contributed by atoms with E-state index in [1.165, 1.54) is 0 Å². The van der Waals surface area contributed by atoms with Gasteiger partial charge in [-0.2, -0.15) is 0 Å². The number of aromatic nitrogens is 2. The fraction of sp³-hybridized carbons (Fsp3) is 0.636. The van der Waals surface area contributed by atoms with Crippen LogP contribution in [0.25, 0.3) is 0 Å². The molecule has 2 heterocycles.